The van der Waals surface area contributed by atoms with Gasteiger partial charge in [0.15, 0.2) is 0 Å². The highest BCUT2D eigenvalue weighted by Gasteiger charge is 2.31. The largest absolute Gasteiger partial charge is 0.573 e. The Bertz CT molecular complexity index is 346. The first-order valence-corrected chi connectivity index (χ1v) is 3.88. The highest BCUT2D eigenvalue weighted by molar-refractivity contribution is 6.30. The van der Waals surface area contributed by atoms with Crippen molar-refractivity contribution >= 4 is 11.6 Å². The van der Waals surface area contributed by atoms with Crippen molar-refractivity contribution in [3.8, 4) is 5.75 Å². The third-order valence-electron chi connectivity index (χ3n) is 1.31. The average molecular weight is 222 g/mol. The molecule has 0 atom stereocenters. The predicted molar refractivity (Wildman–Crippen MR) is 46.1 cm³/mol. The lowest BCUT2D eigenvalue weighted by Gasteiger charge is -2.09. The lowest BCUT2D eigenvalue weighted by molar-refractivity contribution is -0.274. The maximum atomic E-state index is 11.8. The minimum Gasteiger partial charge on any atom is -0.406 e. The van der Waals surface area contributed by atoms with Gasteiger partial charge in [-0.1, -0.05) is 18.2 Å². The zero-order chi connectivity index (χ0) is 10.8. The van der Waals surface area contributed by atoms with Gasteiger partial charge in [0, 0.05) is 5.02 Å². The standard InChI is InChI=1S/C9H5ClF3O/c1-2-6-3-7(10)5-8(4-6)14-9(11,12)13/h3-5H,1H2. The predicted octanol–water partition coefficient (Wildman–Crippen LogP) is 3.58. The van der Waals surface area contributed by atoms with Crippen molar-refractivity contribution in [1.29, 1.82) is 0 Å². The van der Waals surface area contributed by atoms with Crippen molar-refractivity contribution in [2.24, 2.45) is 0 Å². The molecule has 0 aliphatic heterocycles. The molecular weight excluding hydrogens is 217 g/mol. The molecule has 0 aromatic heterocycles. The first-order valence-electron chi connectivity index (χ1n) is 3.50. The molecule has 0 bridgehead atoms. The number of rotatable bonds is 2. The Morgan fingerprint density at radius 1 is 1.29 bits per heavy atom. The van der Waals surface area contributed by atoms with Crippen LogP contribution in [0, 0.1) is 6.08 Å². The second kappa shape index (κ2) is 3.92. The van der Waals surface area contributed by atoms with E-state index in [0.717, 1.165) is 12.1 Å². The molecule has 5 heteroatoms. The Kier molecular flexibility index (Phi) is 3.06. The molecule has 75 valence electrons. The summed E-state index contributed by atoms with van der Waals surface area (Å²) < 4.78 is 39.1. The summed E-state index contributed by atoms with van der Waals surface area (Å²) in [6, 6.07) is 3.64. The van der Waals surface area contributed by atoms with Gasteiger partial charge >= 0.3 is 6.36 Å². The van der Waals surface area contributed by atoms with Crippen molar-refractivity contribution in [1.82, 2.24) is 0 Å². The van der Waals surface area contributed by atoms with Crippen LogP contribution in [0.3, 0.4) is 0 Å². The zero-order valence-corrected chi connectivity index (χ0v) is 7.62. The third kappa shape index (κ3) is 3.30. The van der Waals surface area contributed by atoms with Gasteiger partial charge in [0.25, 0.3) is 0 Å². The molecule has 0 saturated carbocycles. The van der Waals surface area contributed by atoms with Crippen LogP contribution in [0.2, 0.25) is 5.02 Å². The number of benzene rings is 1. The summed E-state index contributed by atoms with van der Waals surface area (Å²) >= 11 is 5.54. The van der Waals surface area contributed by atoms with Crippen LogP contribution in [-0.2, 0) is 0 Å². The van der Waals surface area contributed by atoms with Crippen molar-refractivity contribution in [3.05, 3.63) is 41.4 Å². The van der Waals surface area contributed by atoms with E-state index in [1.807, 2.05) is 0 Å². The van der Waals surface area contributed by atoms with Crippen LogP contribution < -0.4 is 4.74 Å². The fourth-order valence-electron chi connectivity index (χ4n) is 0.857. The second-order valence-corrected chi connectivity index (χ2v) is 2.84. The monoisotopic (exact) mass is 221 g/mol. The molecule has 1 aromatic carbocycles. The highest BCUT2D eigenvalue weighted by atomic mass is 35.5. The molecular formula is C9H5ClF3O. The van der Waals surface area contributed by atoms with Gasteiger partial charge in [-0.3, -0.25) is 0 Å². The maximum Gasteiger partial charge on any atom is 0.573 e. The molecule has 1 radical (unpaired) electrons. The maximum absolute atomic E-state index is 11.8. The molecule has 0 aliphatic rings. The molecule has 1 aromatic rings. The van der Waals surface area contributed by atoms with E-state index >= 15 is 0 Å². The van der Waals surface area contributed by atoms with Crippen LogP contribution in [-0.4, -0.2) is 6.36 Å². The summed E-state index contributed by atoms with van der Waals surface area (Å²) in [5.74, 6) is -0.379. The summed E-state index contributed by atoms with van der Waals surface area (Å²) in [6.07, 6.45) is -2.31. The summed E-state index contributed by atoms with van der Waals surface area (Å²) in [7, 11) is 0. The Balaban J connectivity index is 2.98. The molecule has 1 nitrogen and oxygen atoms in total. The van der Waals surface area contributed by atoms with Crippen molar-refractivity contribution in [2.45, 2.75) is 6.36 Å². The van der Waals surface area contributed by atoms with E-state index in [-0.39, 0.29) is 10.8 Å². The number of hydrogen-bond donors (Lipinski definition) is 0. The minimum atomic E-state index is -4.72. The van der Waals surface area contributed by atoms with E-state index in [9.17, 15) is 13.2 Å². The smallest absolute Gasteiger partial charge is 0.406 e. The Labute approximate surface area is 83.8 Å². The molecule has 0 heterocycles. The molecule has 0 aliphatic carbocycles. The topological polar surface area (TPSA) is 9.23 Å². The molecule has 14 heavy (non-hydrogen) atoms. The quantitative estimate of drug-likeness (QED) is 0.742. The fourth-order valence-corrected chi connectivity index (χ4v) is 1.08. The van der Waals surface area contributed by atoms with Crippen molar-refractivity contribution in [2.75, 3.05) is 0 Å². The van der Waals surface area contributed by atoms with Crippen LogP contribution in [0.15, 0.2) is 24.8 Å². The van der Waals surface area contributed by atoms with Crippen LogP contribution in [0.4, 0.5) is 13.2 Å². The van der Waals surface area contributed by atoms with Gasteiger partial charge in [-0.15, -0.1) is 13.2 Å². The van der Waals surface area contributed by atoms with E-state index in [0.29, 0.717) is 5.56 Å². The number of ether oxygens (including phenoxy) is 1. The van der Waals surface area contributed by atoms with Gasteiger partial charge in [-0.2, -0.15) is 0 Å². The minimum absolute atomic E-state index is 0.137. The Hall–Kier alpha value is -1.16. The van der Waals surface area contributed by atoms with Crippen molar-refractivity contribution < 1.29 is 17.9 Å². The van der Waals surface area contributed by atoms with Crippen LogP contribution >= 0.6 is 11.6 Å². The number of hydrogen-bond acceptors (Lipinski definition) is 1. The first kappa shape index (κ1) is 10.9. The lowest BCUT2D eigenvalue weighted by atomic mass is 10.2. The Morgan fingerprint density at radius 3 is 2.43 bits per heavy atom. The number of alkyl halides is 3. The van der Waals surface area contributed by atoms with Crippen LogP contribution in [0.1, 0.15) is 5.56 Å². The van der Waals surface area contributed by atoms with Gasteiger partial charge in [0.1, 0.15) is 5.75 Å². The second-order valence-electron chi connectivity index (χ2n) is 2.40. The third-order valence-corrected chi connectivity index (χ3v) is 1.53. The van der Waals surface area contributed by atoms with Crippen LogP contribution in [0.5, 0.6) is 5.75 Å². The lowest BCUT2D eigenvalue weighted by Crippen LogP contribution is -2.17. The van der Waals surface area contributed by atoms with Gasteiger partial charge < -0.3 is 4.74 Å². The zero-order valence-electron chi connectivity index (χ0n) is 6.86. The summed E-state index contributed by atoms with van der Waals surface area (Å²) in [4.78, 5) is 0. The summed E-state index contributed by atoms with van der Waals surface area (Å²) in [6.45, 7) is 3.29. The highest BCUT2D eigenvalue weighted by Crippen LogP contribution is 2.26. The molecule has 0 N–H and O–H groups in total. The van der Waals surface area contributed by atoms with Crippen LogP contribution in [0.25, 0.3) is 0 Å². The first-order chi connectivity index (χ1) is 6.40. The molecule has 1 rings (SSSR count). The SMILES string of the molecule is C=[C]c1cc(Cl)cc(OC(F)(F)F)c1. The van der Waals surface area contributed by atoms with Gasteiger partial charge in [0.05, 0.1) is 0 Å². The average Bonchev–Trinajstić information content (AvgIpc) is 1.99. The van der Waals surface area contributed by atoms with E-state index < -0.39 is 6.36 Å². The summed E-state index contributed by atoms with van der Waals surface area (Å²) in [5.41, 5.74) is 0.344. The van der Waals surface area contributed by atoms with Gasteiger partial charge in [-0.25, -0.2) is 0 Å². The van der Waals surface area contributed by atoms with Gasteiger partial charge in [0.2, 0.25) is 0 Å². The van der Waals surface area contributed by atoms with Gasteiger partial charge in [-0.05, 0) is 29.8 Å². The normalized spacial score (nSPS) is 11.1. The van der Waals surface area contributed by atoms with E-state index in [1.165, 1.54) is 6.07 Å². The summed E-state index contributed by atoms with van der Waals surface area (Å²) in [5, 5.41) is 0.137. The van der Waals surface area contributed by atoms with E-state index in [4.69, 9.17) is 11.6 Å². The molecule has 0 saturated heterocycles. The molecule has 0 fully saturated rings. The van der Waals surface area contributed by atoms with Crippen molar-refractivity contribution in [3.63, 3.8) is 0 Å². The van der Waals surface area contributed by atoms with E-state index in [2.05, 4.69) is 17.4 Å². The molecule has 0 unspecified atom stereocenters. The fraction of sp³-hybridized carbons (Fsp3) is 0.111. The van der Waals surface area contributed by atoms with E-state index in [1.54, 1.807) is 0 Å². The Morgan fingerprint density at radius 2 is 1.93 bits per heavy atom. The number of halogens is 4. The molecule has 0 amide bonds. The molecule has 0 spiro atoms.